The predicted molar refractivity (Wildman–Crippen MR) is 87.7 cm³/mol. The maximum atomic E-state index is 12.5. The lowest BCUT2D eigenvalue weighted by atomic mass is 10.2. The minimum Gasteiger partial charge on any atom is -0.459 e. The Bertz CT molecular complexity index is 850. The van der Waals surface area contributed by atoms with Gasteiger partial charge in [0.1, 0.15) is 11.3 Å². The van der Waals surface area contributed by atoms with Crippen LogP contribution in [-0.4, -0.2) is 22.8 Å². The minimum absolute atomic E-state index is 0.0434. The molecule has 6 nitrogen and oxygen atoms in total. The van der Waals surface area contributed by atoms with Gasteiger partial charge in [-0.1, -0.05) is 29.5 Å². The molecule has 1 aromatic carbocycles. The predicted octanol–water partition coefficient (Wildman–Crippen LogP) is 4.24. The zero-order valence-electron chi connectivity index (χ0n) is 12.6. The number of hydrogen-bond donors (Lipinski definition) is 0. The van der Waals surface area contributed by atoms with Crippen LogP contribution in [-0.2, 0) is 0 Å². The molecule has 0 N–H and O–H groups in total. The van der Waals surface area contributed by atoms with Crippen LogP contribution in [0, 0.1) is 10.1 Å². The van der Waals surface area contributed by atoms with Gasteiger partial charge in [0.25, 0.3) is 5.91 Å². The largest absolute Gasteiger partial charge is 0.459 e. The van der Waals surface area contributed by atoms with Crippen molar-refractivity contribution in [1.82, 2.24) is 4.90 Å². The summed E-state index contributed by atoms with van der Waals surface area (Å²) in [6, 6.07) is 12.1. The third-order valence-electron chi connectivity index (χ3n) is 3.74. The van der Waals surface area contributed by atoms with Crippen LogP contribution >= 0.6 is 11.3 Å². The number of thiophene rings is 1. The van der Waals surface area contributed by atoms with Crippen molar-refractivity contribution in [3.63, 3.8) is 0 Å². The highest BCUT2D eigenvalue weighted by atomic mass is 32.1. The van der Waals surface area contributed by atoms with Crippen LogP contribution < -0.4 is 0 Å². The Morgan fingerprint density at radius 1 is 1.30 bits per heavy atom. The fourth-order valence-electron chi connectivity index (χ4n) is 2.29. The van der Waals surface area contributed by atoms with Crippen LogP contribution in [0.25, 0.3) is 11.0 Å². The van der Waals surface area contributed by atoms with Gasteiger partial charge in [-0.05, 0) is 25.1 Å². The van der Waals surface area contributed by atoms with E-state index in [-0.39, 0.29) is 17.0 Å². The monoisotopic (exact) mass is 330 g/mol. The lowest BCUT2D eigenvalue weighted by molar-refractivity contribution is -0.380. The second-order valence-corrected chi connectivity index (χ2v) is 6.24. The Hall–Kier alpha value is -2.67. The molecule has 3 aromatic rings. The number of nitro groups is 1. The highest BCUT2D eigenvalue weighted by Crippen LogP contribution is 2.30. The Kier molecular flexibility index (Phi) is 3.87. The van der Waals surface area contributed by atoms with Crippen molar-refractivity contribution >= 4 is 33.2 Å². The molecule has 0 fully saturated rings. The van der Waals surface area contributed by atoms with Crippen molar-refractivity contribution in [2.75, 3.05) is 7.05 Å². The molecule has 0 bridgehead atoms. The van der Waals surface area contributed by atoms with Crippen LogP contribution in [0.4, 0.5) is 5.00 Å². The number of hydrogen-bond acceptors (Lipinski definition) is 5. The SMILES string of the molecule is CC(c1cc2ccccc2o1)N(C)C(=O)c1ccc([N+](=O)[O-])s1. The van der Waals surface area contributed by atoms with E-state index in [0.717, 1.165) is 22.3 Å². The number of amides is 1. The second kappa shape index (κ2) is 5.85. The number of carbonyl (C=O) groups is 1. The number of rotatable bonds is 4. The molecular formula is C16H14N2O4S. The molecule has 2 aromatic heterocycles. The molecule has 1 atom stereocenters. The van der Waals surface area contributed by atoms with Crippen molar-refractivity contribution in [2.24, 2.45) is 0 Å². The quantitative estimate of drug-likeness (QED) is 0.529. The summed E-state index contributed by atoms with van der Waals surface area (Å²) in [4.78, 5) is 24.6. The zero-order valence-corrected chi connectivity index (χ0v) is 13.4. The summed E-state index contributed by atoms with van der Waals surface area (Å²) < 4.78 is 5.78. The summed E-state index contributed by atoms with van der Waals surface area (Å²) in [7, 11) is 1.66. The summed E-state index contributed by atoms with van der Waals surface area (Å²) >= 11 is 0.874. The summed E-state index contributed by atoms with van der Waals surface area (Å²) in [5, 5.41) is 11.7. The summed E-state index contributed by atoms with van der Waals surface area (Å²) in [6.07, 6.45) is 0. The topological polar surface area (TPSA) is 76.6 Å². The van der Waals surface area contributed by atoms with Gasteiger partial charge in [0, 0.05) is 18.5 Å². The molecule has 0 aliphatic rings. The number of nitrogens with zero attached hydrogens (tertiary/aromatic N) is 2. The smallest absolute Gasteiger partial charge is 0.324 e. The van der Waals surface area contributed by atoms with E-state index in [2.05, 4.69) is 0 Å². The van der Waals surface area contributed by atoms with E-state index in [9.17, 15) is 14.9 Å². The minimum atomic E-state index is -0.496. The van der Waals surface area contributed by atoms with Gasteiger partial charge in [-0.25, -0.2) is 0 Å². The molecule has 0 saturated carbocycles. The number of carbonyl (C=O) groups excluding carboxylic acids is 1. The first-order valence-corrected chi connectivity index (χ1v) is 7.79. The van der Waals surface area contributed by atoms with Gasteiger partial charge in [-0.15, -0.1) is 0 Å². The van der Waals surface area contributed by atoms with Gasteiger partial charge in [-0.3, -0.25) is 14.9 Å². The van der Waals surface area contributed by atoms with E-state index < -0.39 is 4.92 Å². The molecule has 1 unspecified atom stereocenters. The molecule has 2 heterocycles. The van der Waals surface area contributed by atoms with Crippen molar-refractivity contribution in [3.8, 4) is 0 Å². The number of furan rings is 1. The van der Waals surface area contributed by atoms with E-state index in [1.807, 2.05) is 37.3 Å². The lowest BCUT2D eigenvalue weighted by Crippen LogP contribution is -2.28. The van der Waals surface area contributed by atoms with Crippen LogP contribution in [0.5, 0.6) is 0 Å². The van der Waals surface area contributed by atoms with Crippen molar-refractivity contribution in [1.29, 1.82) is 0 Å². The van der Waals surface area contributed by atoms with E-state index in [4.69, 9.17) is 4.42 Å². The zero-order chi connectivity index (χ0) is 16.6. The summed E-state index contributed by atoms with van der Waals surface area (Å²) in [6.45, 7) is 1.86. The maximum absolute atomic E-state index is 12.5. The van der Waals surface area contributed by atoms with Crippen molar-refractivity contribution in [3.05, 3.63) is 63.2 Å². The van der Waals surface area contributed by atoms with E-state index in [0.29, 0.717) is 10.6 Å². The Balaban J connectivity index is 1.84. The standard InChI is InChI=1S/C16H14N2O4S/c1-10(13-9-11-5-3-4-6-12(11)22-13)17(2)16(19)14-7-8-15(23-14)18(20)21/h3-10H,1-2H3. The van der Waals surface area contributed by atoms with Gasteiger partial charge in [0.2, 0.25) is 0 Å². The van der Waals surface area contributed by atoms with Gasteiger partial charge in [0.05, 0.1) is 15.8 Å². The molecule has 1 amide bonds. The molecule has 0 aliphatic heterocycles. The van der Waals surface area contributed by atoms with E-state index in [1.54, 1.807) is 7.05 Å². The Morgan fingerprint density at radius 2 is 2.04 bits per heavy atom. The molecule has 0 saturated heterocycles. The first-order valence-electron chi connectivity index (χ1n) is 6.97. The first kappa shape index (κ1) is 15.2. The van der Waals surface area contributed by atoms with Gasteiger partial charge < -0.3 is 9.32 Å². The van der Waals surface area contributed by atoms with Crippen LogP contribution in [0.1, 0.15) is 28.4 Å². The van der Waals surface area contributed by atoms with Gasteiger partial charge in [-0.2, -0.15) is 0 Å². The summed E-state index contributed by atoms with van der Waals surface area (Å²) in [5.41, 5.74) is 0.766. The molecule has 0 aliphatic carbocycles. The van der Waals surface area contributed by atoms with Crippen LogP contribution in [0.2, 0.25) is 0 Å². The van der Waals surface area contributed by atoms with Crippen LogP contribution in [0.15, 0.2) is 46.9 Å². The van der Waals surface area contributed by atoms with Crippen LogP contribution in [0.3, 0.4) is 0 Å². The molecule has 118 valence electrons. The number of para-hydroxylation sites is 1. The molecule has 0 spiro atoms. The highest BCUT2D eigenvalue weighted by molar-refractivity contribution is 7.17. The van der Waals surface area contributed by atoms with E-state index in [1.165, 1.54) is 17.0 Å². The highest BCUT2D eigenvalue weighted by Gasteiger charge is 2.24. The third kappa shape index (κ3) is 2.83. The van der Waals surface area contributed by atoms with Crippen molar-refractivity contribution < 1.29 is 14.1 Å². The average molecular weight is 330 g/mol. The molecule has 3 rings (SSSR count). The average Bonchev–Trinajstić information content (AvgIpc) is 3.19. The number of fused-ring (bicyclic) bond motifs is 1. The fraction of sp³-hybridized carbons (Fsp3) is 0.188. The Morgan fingerprint density at radius 3 is 2.70 bits per heavy atom. The number of benzene rings is 1. The molecule has 7 heteroatoms. The lowest BCUT2D eigenvalue weighted by Gasteiger charge is -2.22. The van der Waals surface area contributed by atoms with Crippen molar-refractivity contribution in [2.45, 2.75) is 13.0 Å². The molecular weight excluding hydrogens is 316 g/mol. The van der Waals surface area contributed by atoms with Gasteiger partial charge >= 0.3 is 5.00 Å². The third-order valence-corrected chi connectivity index (χ3v) is 4.77. The molecule has 23 heavy (non-hydrogen) atoms. The Labute approximate surface area is 136 Å². The van der Waals surface area contributed by atoms with Gasteiger partial charge in [0.15, 0.2) is 0 Å². The fourth-order valence-corrected chi connectivity index (χ4v) is 3.09. The summed E-state index contributed by atoms with van der Waals surface area (Å²) in [5.74, 6) is 0.407. The maximum Gasteiger partial charge on any atom is 0.324 e. The first-order chi connectivity index (χ1) is 11.0. The normalized spacial score (nSPS) is 12.3. The molecule has 0 radical (unpaired) electrons. The van der Waals surface area contributed by atoms with E-state index >= 15 is 0 Å². The second-order valence-electron chi connectivity index (χ2n) is 5.17.